The summed E-state index contributed by atoms with van der Waals surface area (Å²) in [6.45, 7) is 1.21. The van der Waals surface area contributed by atoms with Gasteiger partial charge in [0.15, 0.2) is 0 Å². The Morgan fingerprint density at radius 2 is 1.43 bits per heavy atom. The van der Waals surface area contributed by atoms with Gasteiger partial charge in [-0.05, 0) is 6.92 Å². The van der Waals surface area contributed by atoms with Gasteiger partial charge in [0.25, 0.3) is 5.92 Å². The van der Waals surface area contributed by atoms with Crippen molar-refractivity contribution in [2.45, 2.75) is 44.4 Å². The van der Waals surface area contributed by atoms with E-state index in [0.29, 0.717) is 20.8 Å². The van der Waals surface area contributed by atoms with E-state index >= 15 is 0 Å². The molecule has 1 aliphatic heterocycles. The number of halogens is 5. The third-order valence-corrected chi connectivity index (χ3v) is 2.03. The first kappa shape index (κ1) is 11.6. The number of ether oxygens (including phenoxy) is 2. The molecule has 0 amide bonds. The van der Waals surface area contributed by atoms with E-state index in [1.54, 1.807) is 0 Å². The average Bonchev–Trinajstić information content (AvgIpc) is 1.95. The van der Waals surface area contributed by atoms with Gasteiger partial charge < -0.3 is 4.74 Å². The Kier molecular flexibility index (Phi) is 2.14. The van der Waals surface area contributed by atoms with Crippen LogP contribution in [0.5, 0.6) is 0 Å². The highest BCUT2D eigenvalue weighted by Crippen LogP contribution is 2.52. The SMILES string of the molecule is CC(F)(F)C1(C)OC(C)(F)C(F)(F)O1. The topological polar surface area (TPSA) is 18.5 Å². The normalized spacial score (nSPS) is 42.9. The molecule has 0 N–H and O–H groups in total. The van der Waals surface area contributed by atoms with Gasteiger partial charge in [-0.2, -0.15) is 8.78 Å². The fourth-order valence-corrected chi connectivity index (χ4v) is 0.961. The number of hydrogen-bond donors (Lipinski definition) is 0. The Hall–Kier alpha value is -0.430. The monoisotopic (exact) mass is 220 g/mol. The summed E-state index contributed by atoms with van der Waals surface area (Å²) in [6, 6.07) is 0. The van der Waals surface area contributed by atoms with E-state index in [1.165, 1.54) is 0 Å². The predicted molar refractivity (Wildman–Crippen MR) is 35.7 cm³/mol. The van der Waals surface area contributed by atoms with Crippen LogP contribution in [-0.4, -0.2) is 23.7 Å². The molecule has 0 saturated carbocycles. The highest BCUT2D eigenvalue weighted by molar-refractivity contribution is 4.92. The van der Waals surface area contributed by atoms with Gasteiger partial charge in [-0.25, -0.2) is 13.2 Å². The van der Waals surface area contributed by atoms with E-state index in [4.69, 9.17) is 0 Å². The van der Waals surface area contributed by atoms with Crippen molar-refractivity contribution >= 4 is 0 Å². The fourth-order valence-electron chi connectivity index (χ4n) is 0.961. The van der Waals surface area contributed by atoms with Gasteiger partial charge in [0.05, 0.1) is 0 Å². The first-order chi connectivity index (χ1) is 5.91. The number of alkyl halides is 5. The molecule has 2 atom stereocenters. The van der Waals surface area contributed by atoms with E-state index in [-0.39, 0.29) is 0 Å². The lowest BCUT2D eigenvalue weighted by molar-refractivity contribution is -0.326. The van der Waals surface area contributed by atoms with Crippen LogP contribution in [0.3, 0.4) is 0 Å². The van der Waals surface area contributed by atoms with Crippen LogP contribution in [0, 0.1) is 0 Å². The lowest BCUT2D eigenvalue weighted by atomic mass is 10.2. The standard InChI is InChI=1S/C7H9F5O2/c1-4(8,9)6(3)13-5(2,10)7(11,12)14-6/h1-3H3. The lowest BCUT2D eigenvalue weighted by Gasteiger charge is -2.28. The lowest BCUT2D eigenvalue weighted by Crippen LogP contribution is -2.45. The molecule has 0 aromatic carbocycles. The largest absolute Gasteiger partial charge is 0.417 e. The number of rotatable bonds is 1. The molecule has 0 aliphatic carbocycles. The molecule has 7 heteroatoms. The summed E-state index contributed by atoms with van der Waals surface area (Å²) in [4.78, 5) is 0. The molecule has 1 saturated heterocycles. The maximum atomic E-state index is 13.0. The summed E-state index contributed by atoms with van der Waals surface area (Å²) in [5, 5.41) is 0. The summed E-state index contributed by atoms with van der Waals surface area (Å²) >= 11 is 0. The van der Waals surface area contributed by atoms with Gasteiger partial charge in [0, 0.05) is 13.8 Å². The Morgan fingerprint density at radius 1 is 1.00 bits per heavy atom. The maximum Gasteiger partial charge on any atom is 0.417 e. The van der Waals surface area contributed by atoms with Gasteiger partial charge in [-0.1, -0.05) is 0 Å². The second-order valence-electron chi connectivity index (χ2n) is 3.47. The zero-order chi connectivity index (χ0) is 11.4. The summed E-state index contributed by atoms with van der Waals surface area (Å²) < 4.78 is 71.4. The van der Waals surface area contributed by atoms with E-state index in [9.17, 15) is 22.0 Å². The van der Waals surface area contributed by atoms with Crippen molar-refractivity contribution in [3.63, 3.8) is 0 Å². The molecule has 1 fully saturated rings. The van der Waals surface area contributed by atoms with Gasteiger partial charge in [-0.15, -0.1) is 0 Å². The summed E-state index contributed by atoms with van der Waals surface area (Å²) in [6.07, 6.45) is -4.39. The van der Waals surface area contributed by atoms with Crippen molar-refractivity contribution in [1.29, 1.82) is 0 Å². The minimum absolute atomic E-state index is 0.310. The molecule has 0 aromatic heterocycles. The third kappa shape index (κ3) is 1.48. The molecule has 0 radical (unpaired) electrons. The molecular weight excluding hydrogens is 211 g/mol. The van der Waals surface area contributed by atoms with E-state index < -0.39 is 23.7 Å². The van der Waals surface area contributed by atoms with Crippen molar-refractivity contribution in [3.05, 3.63) is 0 Å². The van der Waals surface area contributed by atoms with Crippen molar-refractivity contribution in [3.8, 4) is 0 Å². The first-order valence-corrected chi connectivity index (χ1v) is 3.76. The molecular formula is C7H9F5O2. The summed E-state index contributed by atoms with van der Waals surface area (Å²) in [5.74, 6) is -10.2. The Bertz CT molecular complexity index is 229. The van der Waals surface area contributed by atoms with Crippen LogP contribution in [0.25, 0.3) is 0 Å². The quantitative estimate of drug-likeness (QED) is 0.632. The highest BCUT2D eigenvalue weighted by atomic mass is 19.3. The van der Waals surface area contributed by atoms with Crippen LogP contribution in [0.15, 0.2) is 0 Å². The van der Waals surface area contributed by atoms with E-state index in [0.717, 1.165) is 0 Å². The molecule has 2 nitrogen and oxygen atoms in total. The van der Waals surface area contributed by atoms with Gasteiger partial charge >= 0.3 is 12.0 Å². The number of hydrogen-bond acceptors (Lipinski definition) is 2. The van der Waals surface area contributed by atoms with Gasteiger partial charge in [-0.3, -0.25) is 4.74 Å². The fraction of sp³-hybridized carbons (Fsp3) is 1.00. The average molecular weight is 220 g/mol. The minimum atomic E-state index is -4.39. The van der Waals surface area contributed by atoms with E-state index in [1.807, 2.05) is 0 Å². The minimum Gasteiger partial charge on any atom is -0.300 e. The zero-order valence-electron chi connectivity index (χ0n) is 7.71. The second-order valence-corrected chi connectivity index (χ2v) is 3.47. The molecule has 0 aromatic rings. The summed E-state index contributed by atoms with van der Waals surface area (Å²) in [5.41, 5.74) is 0. The Labute approximate surface area is 77.0 Å². The maximum absolute atomic E-state index is 13.0. The highest BCUT2D eigenvalue weighted by Gasteiger charge is 2.72. The van der Waals surface area contributed by atoms with Crippen LogP contribution < -0.4 is 0 Å². The van der Waals surface area contributed by atoms with Crippen LogP contribution in [0.2, 0.25) is 0 Å². The van der Waals surface area contributed by atoms with Crippen LogP contribution >= 0.6 is 0 Å². The zero-order valence-corrected chi connectivity index (χ0v) is 7.71. The predicted octanol–water partition coefficient (Wildman–Crippen LogP) is 2.68. The van der Waals surface area contributed by atoms with E-state index in [2.05, 4.69) is 9.47 Å². The molecule has 2 unspecified atom stereocenters. The summed E-state index contributed by atoms with van der Waals surface area (Å²) in [7, 11) is 0. The Balaban J connectivity index is 3.03. The second kappa shape index (κ2) is 2.57. The van der Waals surface area contributed by atoms with Crippen molar-refractivity contribution in [2.24, 2.45) is 0 Å². The van der Waals surface area contributed by atoms with Crippen molar-refractivity contribution in [2.75, 3.05) is 0 Å². The molecule has 0 bridgehead atoms. The molecule has 1 rings (SSSR count). The Morgan fingerprint density at radius 3 is 1.57 bits per heavy atom. The molecule has 0 spiro atoms. The molecule has 1 aliphatic rings. The van der Waals surface area contributed by atoms with Crippen LogP contribution in [0.1, 0.15) is 20.8 Å². The van der Waals surface area contributed by atoms with Crippen LogP contribution in [-0.2, 0) is 9.47 Å². The first-order valence-electron chi connectivity index (χ1n) is 3.76. The third-order valence-electron chi connectivity index (χ3n) is 2.03. The van der Waals surface area contributed by atoms with Gasteiger partial charge in [0.1, 0.15) is 0 Å². The van der Waals surface area contributed by atoms with Crippen molar-refractivity contribution in [1.82, 2.24) is 0 Å². The molecule has 1 heterocycles. The smallest absolute Gasteiger partial charge is 0.300 e. The van der Waals surface area contributed by atoms with Gasteiger partial charge in [0.2, 0.25) is 5.79 Å². The molecule has 84 valence electrons. The van der Waals surface area contributed by atoms with Crippen LogP contribution in [0.4, 0.5) is 22.0 Å². The van der Waals surface area contributed by atoms with Crippen molar-refractivity contribution < 1.29 is 31.4 Å². The molecule has 14 heavy (non-hydrogen) atoms.